The van der Waals surface area contributed by atoms with Crippen molar-refractivity contribution < 1.29 is 19.2 Å². The summed E-state index contributed by atoms with van der Waals surface area (Å²) in [5.41, 5.74) is 9.75. The zero-order valence-electron chi connectivity index (χ0n) is 21.0. The minimum Gasteiger partial charge on any atom is -0.399 e. The number of hydrogen-bond acceptors (Lipinski definition) is 7. The molecule has 1 aromatic rings. The molecular weight excluding hydrogens is 470 g/mol. The number of piperidine rings is 1. The molecule has 0 spiro atoms. The van der Waals surface area contributed by atoms with Crippen LogP contribution in [0.2, 0.25) is 0 Å². The third-order valence-electron chi connectivity index (χ3n) is 6.59. The van der Waals surface area contributed by atoms with E-state index in [0.29, 0.717) is 17.9 Å². The zero-order valence-corrected chi connectivity index (χ0v) is 21.0. The second-order valence-corrected chi connectivity index (χ2v) is 9.37. The van der Waals surface area contributed by atoms with E-state index in [4.69, 9.17) is 5.73 Å². The predicted octanol–water partition coefficient (Wildman–Crippen LogP) is 2.54. The number of imide groups is 2. The van der Waals surface area contributed by atoms with Gasteiger partial charge in [0.25, 0.3) is 11.8 Å². The van der Waals surface area contributed by atoms with Gasteiger partial charge in [-0.1, -0.05) is 44.1 Å². The van der Waals surface area contributed by atoms with Crippen molar-refractivity contribution in [3.05, 3.63) is 76.5 Å². The Labute approximate surface area is 216 Å². The number of benzene rings is 1. The van der Waals surface area contributed by atoms with Crippen LogP contribution < -0.4 is 21.7 Å². The van der Waals surface area contributed by atoms with E-state index in [-0.39, 0.29) is 24.0 Å². The Balaban J connectivity index is 1.47. The van der Waals surface area contributed by atoms with E-state index in [1.54, 1.807) is 18.2 Å². The molecule has 2 heterocycles. The molecule has 0 saturated carbocycles. The molecule has 4 rings (SSSR count). The van der Waals surface area contributed by atoms with Gasteiger partial charge >= 0.3 is 0 Å². The molecule has 1 aromatic carbocycles. The van der Waals surface area contributed by atoms with Crippen LogP contribution in [0, 0.1) is 0 Å². The van der Waals surface area contributed by atoms with Crippen molar-refractivity contribution in [3.8, 4) is 0 Å². The number of anilines is 1. The summed E-state index contributed by atoms with van der Waals surface area (Å²) >= 11 is 0. The first-order chi connectivity index (χ1) is 17.9. The molecule has 4 amide bonds. The summed E-state index contributed by atoms with van der Waals surface area (Å²) in [7, 11) is 0. The normalized spacial score (nSPS) is 22.4. The summed E-state index contributed by atoms with van der Waals surface area (Å²) in [5, 5.41) is 8.94. The highest BCUT2D eigenvalue weighted by atomic mass is 16.2. The Hall–Kier alpha value is -3.98. The van der Waals surface area contributed by atoms with Gasteiger partial charge in [0.05, 0.1) is 11.1 Å². The van der Waals surface area contributed by atoms with Crippen molar-refractivity contribution in [2.45, 2.75) is 45.1 Å². The third-order valence-corrected chi connectivity index (χ3v) is 6.59. The molecule has 1 fully saturated rings. The lowest BCUT2D eigenvalue weighted by Gasteiger charge is -2.27. The van der Waals surface area contributed by atoms with Crippen LogP contribution in [0.15, 0.2) is 65.4 Å². The number of allylic oxidation sites excluding steroid dienone is 3. The maximum atomic E-state index is 13.3. The van der Waals surface area contributed by atoms with E-state index in [0.717, 1.165) is 35.6 Å². The average molecular weight is 504 g/mol. The number of carbonyl (C=O) groups is 4. The molecule has 2 aliphatic heterocycles. The lowest BCUT2D eigenvalue weighted by atomic mass is 10.0. The number of nitrogens with zero attached hydrogens (tertiary/aromatic N) is 1. The third kappa shape index (κ3) is 6.06. The van der Waals surface area contributed by atoms with Crippen LogP contribution in [0.1, 0.15) is 59.7 Å². The van der Waals surface area contributed by atoms with Crippen LogP contribution in [0.3, 0.4) is 0 Å². The number of carbonyl (C=O) groups excluding carboxylic acids is 4. The number of fused-ring (bicyclic) bond motifs is 1. The number of nitrogens with two attached hydrogens (primary N) is 1. The van der Waals surface area contributed by atoms with Gasteiger partial charge in [0.2, 0.25) is 11.8 Å². The number of amides is 4. The van der Waals surface area contributed by atoms with Crippen LogP contribution in [0.4, 0.5) is 5.69 Å². The molecule has 5 N–H and O–H groups in total. The molecule has 37 heavy (non-hydrogen) atoms. The van der Waals surface area contributed by atoms with E-state index in [2.05, 4.69) is 22.9 Å². The van der Waals surface area contributed by atoms with Crippen molar-refractivity contribution >= 4 is 29.3 Å². The SMILES string of the molecule is CCCCCNCC1=C/C=C(CNc2cccc3c2C(=O)N([C@@H]2CCC(=O)NC2=O)C3=O)/C=C(/N)C=C1. The summed E-state index contributed by atoms with van der Waals surface area (Å²) in [6, 6.07) is 4.00. The number of nitrogens with one attached hydrogen (secondary N) is 3. The summed E-state index contributed by atoms with van der Waals surface area (Å²) in [4.78, 5) is 51.2. The van der Waals surface area contributed by atoms with E-state index in [1.807, 2.05) is 30.4 Å². The highest BCUT2D eigenvalue weighted by Gasteiger charge is 2.45. The van der Waals surface area contributed by atoms with Crippen molar-refractivity contribution in [3.63, 3.8) is 0 Å². The fourth-order valence-corrected chi connectivity index (χ4v) is 4.60. The number of unbranched alkanes of at least 4 members (excludes halogenated alkanes) is 2. The highest BCUT2D eigenvalue weighted by molar-refractivity contribution is 6.25. The Morgan fingerprint density at radius 3 is 2.62 bits per heavy atom. The molecule has 3 aliphatic rings. The van der Waals surface area contributed by atoms with Gasteiger partial charge in [-0.15, -0.1) is 0 Å². The number of hydrogen-bond donors (Lipinski definition) is 4. The maximum absolute atomic E-state index is 13.3. The van der Waals surface area contributed by atoms with E-state index in [9.17, 15) is 19.2 Å². The highest BCUT2D eigenvalue weighted by Crippen LogP contribution is 2.32. The van der Waals surface area contributed by atoms with Crippen molar-refractivity contribution in [1.82, 2.24) is 15.5 Å². The van der Waals surface area contributed by atoms with Crippen molar-refractivity contribution in [1.29, 1.82) is 0 Å². The van der Waals surface area contributed by atoms with Gasteiger partial charge in [0, 0.05) is 30.9 Å². The van der Waals surface area contributed by atoms with Gasteiger partial charge in [-0.05, 0) is 54.8 Å². The fourth-order valence-electron chi connectivity index (χ4n) is 4.60. The summed E-state index contributed by atoms with van der Waals surface area (Å²) in [5.74, 6) is -2.11. The Bertz CT molecular complexity index is 1230. The Morgan fingerprint density at radius 1 is 1.03 bits per heavy atom. The van der Waals surface area contributed by atoms with Crippen LogP contribution in [0.25, 0.3) is 0 Å². The molecule has 1 atom stereocenters. The summed E-state index contributed by atoms with van der Waals surface area (Å²) < 4.78 is 0. The quantitative estimate of drug-likeness (QED) is 0.285. The lowest BCUT2D eigenvalue weighted by molar-refractivity contribution is -0.136. The molecule has 9 nitrogen and oxygen atoms in total. The smallest absolute Gasteiger partial charge is 0.264 e. The van der Waals surface area contributed by atoms with Gasteiger partial charge in [0.15, 0.2) is 0 Å². The van der Waals surface area contributed by atoms with Gasteiger partial charge in [-0.2, -0.15) is 0 Å². The monoisotopic (exact) mass is 503 g/mol. The largest absolute Gasteiger partial charge is 0.399 e. The van der Waals surface area contributed by atoms with Crippen LogP contribution in [0.5, 0.6) is 0 Å². The van der Waals surface area contributed by atoms with Crippen molar-refractivity contribution in [2.24, 2.45) is 5.73 Å². The van der Waals surface area contributed by atoms with Gasteiger partial charge in [-0.25, -0.2) is 0 Å². The van der Waals surface area contributed by atoms with Crippen LogP contribution in [-0.2, 0) is 9.59 Å². The second kappa shape index (κ2) is 11.8. The maximum Gasteiger partial charge on any atom is 0.264 e. The molecule has 0 bridgehead atoms. The summed E-state index contributed by atoms with van der Waals surface area (Å²) in [6.07, 6.45) is 13.5. The molecular formula is C28H33N5O4. The Kier molecular flexibility index (Phi) is 8.35. The first-order valence-corrected chi connectivity index (χ1v) is 12.7. The van der Waals surface area contributed by atoms with Gasteiger partial charge < -0.3 is 16.4 Å². The van der Waals surface area contributed by atoms with E-state index >= 15 is 0 Å². The van der Waals surface area contributed by atoms with Crippen LogP contribution in [-0.4, -0.2) is 54.2 Å². The molecule has 194 valence electrons. The lowest BCUT2D eigenvalue weighted by Crippen LogP contribution is -2.54. The van der Waals surface area contributed by atoms with Gasteiger partial charge in [-0.3, -0.25) is 29.4 Å². The standard InChI is InChI=1S/C28H33N5O4/c1-2-3-4-14-30-16-18-8-9-19(15-20(29)11-10-18)17-31-22-7-5-6-21-25(22)28(37)33(27(21)36)23-12-13-24(34)32-26(23)35/h5-11,15,23,30-31H,2-4,12-14,16-17,29H2,1H3,(H,32,34,35)/b9-8?,11-10?,18-8?,18-10?,19-9-,19-15?,20-11?,20-15+/t23-/m1/s1. The topological polar surface area (TPSA) is 134 Å². The first-order valence-electron chi connectivity index (χ1n) is 12.7. The minimum atomic E-state index is -1.00. The van der Waals surface area contributed by atoms with Crippen LogP contribution >= 0.6 is 0 Å². The zero-order chi connectivity index (χ0) is 26.4. The fraction of sp³-hybridized carbons (Fsp3) is 0.357. The molecule has 0 aromatic heterocycles. The van der Waals surface area contributed by atoms with Gasteiger partial charge in [0.1, 0.15) is 6.04 Å². The minimum absolute atomic E-state index is 0.0784. The Morgan fingerprint density at radius 2 is 1.84 bits per heavy atom. The molecule has 0 radical (unpaired) electrons. The van der Waals surface area contributed by atoms with E-state index < -0.39 is 29.7 Å². The molecule has 0 unspecified atom stereocenters. The second-order valence-electron chi connectivity index (χ2n) is 9.37. The van der Waals surface area contributed by atoms with E-state index in [1.165, 1.54) is 12.8 Å². The summed E-state index contributed by atoms with van der Waals surface area (Å²) in [6.45, 7) is 4.26. The number of rotatable bonds is 10. The molecule has 1 aliphatic carbocycles. The molecule has 9 heteroatoms. The molecule has 1 saturated heterocycles. The first kappa shape index (κ1) is 26.1. The van der Waals surface area contributed by atoms with Crippen molar-refractivity contribution in [2.75, 3.05) is 25.0 Å². The average Bonchev–Trinajstić information content (AvgIpc) is 3.12. The predicted molar refractivity (Wildman–Crippen MR) is 142 cm³/mol.